The van der Waals surface area contributed by atoms with E-state index in [1.165, 1.54) is 18.2 Å². The first-order valence-electron chi connectivity index (χ1n) is 5.70. The molecule has 0 atom stereocenters. The number of carbonyl (C=O) groups excluding carboxylic acids is 1. The zero-order valence-corrected chi connectivity index (χ0v) is 9.52. The van der Waals surface area contributed by atoms with Crippen molar-refractivity contribution in [1.82, 2.24) is 10.2 Å². The van der Waals surface area contributed by atoms with E-state index in [0.717, 1.165) is 19.5 Å². The number of phenols is 2. The third kappa shape index (κ3) is 2.68. The molecule has 1 saturated heterocycles. The number of nitrogens with zero attached hydrogens (tertiary/aromatic N) is 1. The van der Waals surface area contributed by atoms with Gasteiger partial charge in [-0.1, -0.05) is 0 Å². The standard InChI is InChI=1S/C12H16N2O3/c15-9-2-3-10(11(16)8-9)12(17)14-6-1-4-13-5-7-14/h2-3,8,13,15-16H,1,4-7H2. The fourth-order valence-electron chi connectivity index (χ4n) is 1.92. The lowest BCUT2D eigenvalue weighted by molar-refractivity contribution is 0.0763. The van der Waals surface area contributed by atoms with Gasteiger partial charge >= 0.3 is 0 Å². The van der Waals surface area contributed by atoms with Gasteiger partial charge in [-0.15, -0.1) is 0 Å². The summed E-state index contributed by atoms with van der Waals surface area (Å²) < 4.78 is 0. The van der Waals surface area contributed by atoms with Crippen LogP contribution in [0.2, 0.25) is 0 Å². The Morgan fingerprint density at radius 3 is 2.82 bits per heavy atom. The quantitative estimate of drug-likeness (QED) is 0.665. The monoisotopic (exact) mass is 236 g/mol. The van der Waals surface area contributed by atoms with Crippen molar-refractivity contribution in [3.8, 4) is 11.5 Å². The minimum atomic E-state index is -0.189. The third-order valence-electron chi connectivity index (χ3n) is 2.84. The predicted octanol–water partition coefficient (Wildman–Crippen LogP) is 0.533. The molecule has 1 aromatic rings. The number of carbonyl (C=O) groups is 1. The maximum absolute atomic E-state index is 12.1. The van der Waals surface area contributed by atoms with Gasteiger partial charge in [-0.3, -0.25) is 4.79 Å². The molecule has 5 heteroatoms. The molecule has 92 valence electrons. The van der Waals surface area contributed by atoms with Gasteiger partial charge < -0.3 is 20.4 Å². The summed E-state index contributed by atoms with van der Waals surface area (Å²) in [6.45, 7) is 3.00. The zero-order chi connectivity index (χ0) is 12.3. The van der Waals surface area contributed by atoms with Gasteiger partial charge in [-0.25, -0.2) is 0 Å². The number of nitrogens with one attached hydrogen (secondary N) is 1. The largest absolute Gasteiger partial charge is 0.508 e. The maximum Gasteiger partial charge on any atom is 0.257 e. The highest BCUT2D eigenvalue weighted by Gasteiger charge is 2.19. The Labute approximate surface area is 99.7 Å². The van der Waals surface area contributed by atoms with Crippen molar-refractivity contribution in [2.75, 3.05) is 26.2 Å². The van der Waals surface area contributed by atoms with Gasteiger partial charge in [-0.2, -0.15) is 0 Å². The van der Waals surface area contributed by atoms with E-state index in [4.69, 9.17) is 0 Å². The van der Waals surface area contributed by atoms with Gasteiger partial charge in [0, 0.05) is 25.7 Å². The van der Waals surface area contributed by atoms with Crippen LogP contribution in [0.3, 0.4) is 0 Å². The fourth-order valence-corrected chi connectivity index (χ4v) is 1.92. The van der Waals surface area contributed by atoms with Crippen molar-refractivity contribution in [2.45, 2.75) is 6.42 Å². The van der Waals surface area contributed by atoms with E-state index < -0.39 is 0 Å². The lowest BCUT2D eigenvalue weighted by atomic mass is 10.1. The highest BCUT2D eigenvalue weighted by atomic mass is 16.3. The van der Waals surface area contributed by atoms with Crippen LogP contribution in [0.4, 0.5) is 0 Å². The molecule has 17 heavy (non-hydrogen) atoms. The summed E-state index contributed by atoms with van der Waals surface area (Å²) in [5.41, 5.74) is 0.240. The summed E-state index contributed by atoms with van der Waals surface area (Å²) in [6, 6.07) is 4.04. The predicted molar refractivity (Wildman–Crippen MR) is 63.2 cm³/mol. The molecule has 1 aliphatic rings. The maximum atomic E-state index is 12.1. The average Bonchev–Trinajstić information content (AvgIpc) is 2.56. The molecule has 1 amide bonds. The SMILES string of the molecule is O=C(c1ccc(O)cc1O)N1CCCNCC1. The molecule has 1 heterocycles. The van der Waals surface area contributed by atoms with Crippen LogP contribution >= 0.6 is 0 Å². The molecule has 0 aromatic heterocycles. The Morgan fingerprint density at radius 2 is 2.06 bits per heavy atom. The molecule has 0 radical (unpaired) electrons. The Bertz CT molecular complexity index is 412. The van der Waals surface area contributed by atoms with Crippen molar-refractivity contribution < 1.29 is 15.0 Å². The summed E-state index contributed by atoms with van der Waals surface area (Å²) in [5, 5.41) is 22.0. The summed E-state index contributed by atoms with van der Waals surface area (Å²) in [5.74, 6) is -0.407. The molecule has 5 nitrogen and oxygen atoms in total. The molecule has 2 rings (SSSR count). The topological polar surface area (TPSA) is 72.8 Å². The molecule has 3 N–H and O–H groups in total. The van der Waals surface area contributed by atoms with Gasteiger partial charge in [0.05, 0.1) is 5.56 Å². The van der Waals surface area contributed by atoms with E-state index in [2.05, 4.69) is 5.32 Å². The number of aromatic hydroxyl groups is 2. The molecule has 0 aliphatic carbocycles. The second-order valence-electron chi connectivity index (χ2n) is 4.10. The zero-order valence-electron chi connectivity index (χ0n) is 9.52. The van der Waals surface area contributed by atoms with Gasteiger partial charge in [-0.05, 0) is 25.1 Å². The van der Waals surface area contributed by atoms with E-state index >= 15 is 0 Å². The summed E-state index contributed by atoms with van der Waals surface area (Å²) in [7, 11) is 0. The second-order valence-corrected chi connectivity index (χ2v) is 4.10. The van der Waals surface area contributed by atoms with E-state index in [1.54, 1.807) is 4.90 Å². The van der Waals surface area contributed by atoms with Crippen LogP contribution in [-0.4, -0.2) is 47.2 Å². The van der Waals surface area contributed by atoms with Crippen molar-refractivity contribution in [3.63, 3.8) is 0 Å². The second kappa shape index (κ2) is 5.05. The van der Waals surface area contributed by atoms with Crippen molar-refractivity contribution in [2.24, 2.45) is 0 Å². The minimum Gasteiger partial charge on any atom is -0.508 e. The average molecular weight is 236 g/mol. The van der Waals surface area contributed by atoms with Crippen LogP contribution < -0.4 is 5.32 Å². The Kier molecular flexibility index (Phi) is 3.49. The van der Waals surface area contributed by atoms with Gasteiger partial charge in [0.2, 0.25) is 0 Å². The number of benzene rings is 1. The van der Waals surface area contributed by atoms with E-state index in [9.17, 15) is 15.0 Å². The molecule has 1 aliphatic heterocycles. The molecular formula is C12H16N2O3. The Balaban J connectivity index is 2.17. The highest BCUT2D eigenvalue weighted by molar-refractivity contribution is 5.97. The summed E-state index contributed by atoms with van der Waals surface area (Å²) in [6.07, 6.45) is 0.907. The van der Waals surface area contributed by atoms with Crippen LogP contribution in [0.25, 0.3) is 0 Å². The highest BCUT2D eigenvalue weighted by Crippen LogP contribution is 2.23. The van der Waals surface area contributed by atoms with E-state index in [1.807, 2.05) is 0 Å². The van der Waals surface area contributed by atoms with Crippen molar-refractivity contribution in [3.05, 3.63) is 23.8 Å². The number of hydrogen-bond acceptors (Lipinski definition) is 4. The molecule has 0 spiro atoms. The number of amides is 1. The summed E-state index contributed by atoms with van der Waals surface area (Å²) >= 11 is 0. The van der Waals surface area contributed by atoms with Gasteiger partial charge in [0.25, 0.3) is 5.91 Å². The first kappa shape index (κ1) is 11.7. The number of phenolic OH excluding ortho intramolecular Hbond substituents is 2. The molecule has 1 fully saturated rings. The van der Waals surface area contributed by atoms with Crippen LogP contribution in [0.1, 0.15) is 16.8 Å². The Hall–Kier alpha value is -1.75. The van der Waals surface area contributed by atoms with Crippen molar-refractivity contribution in [1.29, 1.82) is 0 Å². The molecule has 1 aromatic carbocycles. The van der Waals surface area contributed by atoms with E-state index in [-0.39, 0.29) is 23.0 Å². The van der Waals surface area contributed by atoms with Crippen molar-refractivity contribution >= 4 is 5.91 Å². The summed E-state index contributed by atoms with van der Waals surface area (Å²) in [4.78, 5) is 13.9. The number of hydrogen-bond donors (Lipinski definition) is 3. The lowest BCUT2D eigenvalue weighted by Crippen LogP contribution is -2.34. The fraction of sp³-hybridized carbons (Fsp3) is 0.417. The van der Waals surface area contributed by atoms with Gasteiger partial charge in [0.15, 0.2) is 0 Å². The van der Waals surface area contributed by atoms with E-state index in [0.29, 0.717) is 13.1 Å². The molecular weight excluding hydrogens is 220 g/mol. The molecule has 0 unspecified atom stereocenters. The van der Waals surface area contributed by atoms with Gasteiger partial charge in [0.1, 0.15) is 11.5 Å². The third-order valence-corrected chi connectivity index (χ3v) is 2.84. The molecule has 0 saturated carbocycles. The molecule has 0 bridgehead atoms. The van der Waals surface area contributed by atoms with Crippen LogP contribution in [0.5, 0.6) is 11.5 Å². The first-order valence-corrected chi connectivity index (χ1v) is 5.70. The smallest absolute Gasteiger partial charge is 0.257 e. The number of rotatable bonds is 1. The lowest BCUT2D eigenvalue weighted by Gasteiger charge is -2.20. The van der Waals surface area contributed by atoms with Crippen LogP contribution in [-0.2, 0) is 0 Å². The van der Waals surface area contributed by atoms with Crippen LogP contribution in [0, 0.1) is 0 Å². The normalized spacial score (nSPS) is 16.6. The Morgan fingerprint density at radius 1 is 1.24 bits per heavy atom. The minimum absolute atomic E-state index is 0.0448. The van der Waals surface area contributed by atoms with Crippen LogP contribution in [0.15, 0.2) is 18.2 Å². The first-order chi connectivity index (χ1) is 8.18.